The third-order valence-electron chi connectivity index (χ3n) is 4.92. The Bertz CT molecular complexity index is 832. The van der Waals surface area contributed by atoms with Gasteiger partial charge in [0.1, 0.15) is 0 Å². The van der Waals surface area contributed by atoms with Crippen molar-refractivity contribution in [3.8, 4) is 11.4 Å². The highest BCUT2D eigenvalue weighted by Gasteiger charge is 2.34. The summed E-state index contributed by atoms with van der Waals surface area (Å²) < 4.78 is 1.68. The Hall–Kier alpha value is -3.01. The van der Waals surface area contributed by atoms with Crippen LogP contribution in [0.3, 0.4) is 0 Å². The zero-order chi connectivity index (χ0) is 20.1. The zero-order valence-electron chi connectivity index (χ0n) is 16.0. The molecule has 10 nitrogen and oxygen atoms in total. The van der Waals surface area contributed by atoms with E-state index in [0.29, 0.717) is 24.6 Å². The van der Waals surface area contributed by atoms with Gasteiger partial charge in [-0.2, -0.15) is 0 Å². The highest BCUT2D eigenvalue weighted by molar-refractivity contribution is 5.90. The van der Waals surface area contributed by atoms with Crippen molar-refractivity contribution in [1.82, 2.24) is 30.4 Å². The van der Waals surface area contributed by atoms with E-state index in [0.717, 1.165) is 18.4 Å². The van der Waals surface area contributed by atoms with E-state index in [4.69, 9.17) is 5.11 Å². The van der Waals surface area contributed by atoms with Gasteiger partial charge in [-0.1, -0.05) is 19.1 Å². The molecule has 0 radical (unpaired) electrons. The maximum Gasteiger partial charge on any atom is 0.319 e. The molecule has 1 saturated carbocycles. The van der Waals surface area contributed by atoms with Crippen LogP contribution in [0.25, 0.3) is 11.4 Å². The molecular formula is C18H25N7O3. The first-order valence-corrected chi connectivity index (χ1v) is 9.40. The molecule has 3 N–H and O–H groups in total. The largest absolute Gasteiger partial charge is 0.480 e. The van der Waals surface area contributed by atoms with Crippen LogP contribution in [0.15, 0.2) is 24.3 Å². The van der Waals surface area contributed by atoms with Crippen LogP contribution in [0.4, 0.5) is 10.5 Å². The van der Waals surface area contributed by atoms with Gasteiger partial charge in [0.15, 0.2) is 5.82 Å². The van der Waals surface area contributed by atoms with Gasteiger partial charge in [0.2, 0.25) is 0 Å². The highest BCUT2D eigenvalue weighted by Crippen LogP contribution is 2.26. The number of hydrogen-bond donors (Lipinski definition) is 3. The molecule has 0 unspecified atom stereocenters. The summed E-state index contributed by atoms with van der Waals surface area (Å²) >= 11 is 0. The minimum absolute atomic E-state index is 0.0319. The van der Waals surface area contributed by atoms with Crippen molar-refractivity contribution in [2.75, 3.05) is 18.4 Å². The standard InChI is InChI=1S/C18H25N7O3/c1-3-24(11-16(26)27)15-9-14(10-15)20-18(28)19-13-7-5-6-12(8-13)17-21-22-23-25(17)4-2/h5-8,14-15H,3-4,9-11H2,1-2H3,(H,26,27)(H2,19,20,28). The Balaban J connectivity index is 1.52. The van der Waals surface area contributed by atoms with E-state index in [1.165, 1.54) is 0 Å². The first-order valence-electron chi connectivity index (χ1n) is 9.40. The summed E-state index contributed by atoms with van der Waals surface area (Å²) in [5, 5.41) is 26.4. The van der Waals surface area contributed by atoms with Crippen LogP contribution < -0.4 is 10.6 Å². The van der Waals surface area contributed by atoms with Crippen LogP contribution in [0.5, 0.6) is 0 Å². The highest BCUT2D eigenvalue weighted by atomic mass is 16.4. The summed E-state index contributed by atoms with van der Waals surface area (Å²) in [5.74, 6) is -0.184. The molecule has 1 aromatic heterocycles. The van der Waals surface area contributed by atoms with E-state index in [2.05, 4.69) is 26.2 Å². The second-order valence-electron chi connectivity index (χ2n) is 6.78. The molecule has 2 aromatic rings. The number of carbonyl (C=O) groups excluding carboxylic acids is 1. The van der Waals surface area contributed by atoms with Gasteiger partial charge < -0.3 is 15.7 Å². The minimum Gasteiger partial charge on any atom is -0.480 e. The minimum atomic E-state index is -0.829. The number of benzene rings is 1. The molecule has 3 rings (SSSR count). The molecule has 150 valence electrons. The number of carboxylic acid groups (broad SMARTS) is 1. The lowest BCUT2D eigenvalue weighted by Gasteiger charge is -2.42. The lowest BCUT2D eigenvalue weighted by Crippen LogP contribution is -2.55. The predicted molar refractivity (Wildman–Crippen MR) is 103 cm³/mol. The van der Waals surface area contributed by atoms with Crippen molar-refractivity contribution >= 4 is 17.7 Å². The molecular weight excluding hydrogens is 362 g/mol. The van der Waals surface area contributed by atoms with E-state index in [1.54, 1.807) is 10.7 Å². The predicted octanol–water partition coefficient (Wildman–Crippen LogP) is 1.42. The van der Waals surface area contributed by atoms with Gasteiger partial charge in [-0.05, 0) is 48.9 Å². The average molecular weight is 387 g/mol. The fourth-order valence-electron chi connectivity index (χ4n) is 3.39. The Morgan fingerprint density at radius 2 is 2.11 bits per heavy atom. The number of nitrogens with zero attached hydrogens (tertiary/aromatic N) is 5. The maximum absolute atomic E-state index is 12.3. The zero-order valence-corrected chi connectivity index (χ0v) is 16.0. The Morgan fingerprint density at radius 3 is 2.79 bits per heavy atom. The summed E-state index contributed by atoms with van der Waals surface area (Å²) in [4.78, 5) is 25.1. The number of amides is 2. The lowest BCUT2D eigenvalue weighted by molar-refractivity contribution is -0.139. The normalized spacial score (nSPS) is 18.5. The second kappa shape index (κ2) is 8.79. The van der Waals surface area contributed by atoms with E-state index in [1.807, 2.05) is 36.9 Å². The number of aromatic nitrogens is 4. The number of aryl methyl sites for hydroxylation is 1. The van der Waals surface area contributed by atoms with Crippen LogP contribution in [-0.2, 0) is 11.3 Å². The quantitative estimate of drug-likeness (QED) is 0.625. The van der Waals surface area contributed by atoms with Crippen molar-refractivity contribution in [1.29, 1.82) is 0 Å². The first kappa shape index (κ1) is 19.7. The molecule has 1 aromatic carbocycles. The lowest BCUT2D eigenvalue weighted by atomic mass is 9.85. The third-order valence-corrected chi connectivity index (χ3v) is 4.92. The third kappa shape index (κ3) is 4.63. The van der Waals surface area contributed by atoms with Crippen LogP contribution in [0, 0.1) is 0 Å². The second-order valence-corrected chi connectivity index (χ2v) is 6.78. The molecule has 1 aliphatic rings. The summed E-state index contributed by atoms with van der Waals surface area (Å²) in [6.45, 7) is 5.26. The van der Waals surface area contributed by atoms with Gasteiger partial charge in [-0.25, -0.2) is 9.48 Å². The van der Waals surface area contributed by atoms with Gasteiger partial charge in [-0.15, -0.1) is 5.10 Å². The number of carbonyl (C=O) groups is 2. The molecule has 0 spiro atoms. The number of urea groups is 1. The molecule has 1 aliphatic carbocycles. The fourth-order valence-corrected chi connectivity index (χ4v) is 3.39. The van der Waals surface area contributed by atoms with Crippen LogP contribution >= 0.6 is 0 Å². The van der Waals surface area contributed by atoms with Crippen LogP contribution in [0.2, 0.25) is 0 Å². The van der Waals surface area contributed by atoms with E-state index >= 15 is 0 Å². The molecule has 2 amide bonds. The maximum atomic E-state index is 12.3. The van der Waals surface area contributed by atoms with Crippen molar-refractivity contribution in [2.24, 2.45) is 0 Å². The Morgan fingerprint density at radius 1 is 1.32 bits per heavy atom. The summed E-state index contributed by atoms with van der Waals surface area (Å²) in [5.41, 5.74) is 1.47. The van der Waals surface area contributed by atoms with Gasteiger partial charge >= 0.3 is 12.0 Å². The Kier molecular flexibility index (Phi) is 6.19. The summed E-state index contributed by atoms with van der Waals surface area (Å²) in [6, 6.07) is 7.32. The number of carboxylic acids is 1. The van der Waals surface area contributed by atoms with Crippen molar-refractivity contribution in [2.45, 2.75) is 45.3 Å². The summed E-state index contributed by atoms with van der Waals surface area (Å²) in [6.07, 6.45) is 1.50. The number of aliphatic carboxylic acids is 1. The van der Waals surface area contributed by atoms with E-state index in [-0.39, 0.29) is 24.7 Å². The molecule has 28 heavy (non-hydrogen) atoms. The molecule has 0 atom stereocenters. The van der Waals surface area contributed by atoms with Crippen molar-refractivity contribution in [3.63, 3.8) is 0 Å². The number of likely N-dealkylation sites (N-methyl/N-ethyl adjacent to an activating group) is 1. The number of rotatable bonds is 8. The van der Waals surface area contributed by atoms with Gasteiger partial charge in [0.25, 0.3) is 0 Å². The molecule has 0 saturated heterocycles. The van der Waals surface area contributed by atoms with E-state index in [9.17, 15) is 9.59 Å². The SMILES string of the molecule is CCN(CC(=O)O)C1CC(NC(=O)Nc2cccc(-c3nnnn3CC)c2)C1. The topological polar surface area (TPSA) is 125 Å². The number of anilines is 1. The first-order chi connectivity index (χ1) is 13.5. The van der Waals surface area contributed by atoms with Crippen LogP contribution in [-0.4, -0.2) is 67.4 Å². The number of tetrazole rings is 1. The molecule has 1 fully saturated rings. The van der Waals surface area contributed by atoms with Gasteiger partial charge in [0, 0.05) is 29.9 Å². The summed E-state index contributed by atoms with van der Waals surface area (Å²) in [7, 11) is 0. The molecule has 1 heterocycles. The molecule has 0 aliphatic heterocycles. The fraction of sp³-hybridized carbons (Fsp3) is 0.500. The van der Waals surface area contributed by atoms with Gasteiger partial charge in [-0.3, -0.25) is 9.69 Å². The number of nitrogens with one attached hydrogen (secondary N) is 2. The molecule has 0 bridgehead atoms. The van der Waals surface area contributed by atoms with E-state index < -0.39 is 5.97 Å². The van der Waals surface area contributed by atoms with Crippen molar-refractivity contribution in [3.05, 3.63) is 24.3 Å². The number of hydrogen-bond acceptors (Lipinski definition) is 6. The van der Waals surface area contributed by atoms with Crippen molar-refractivity contribution < 1.29 is 14.7 Å². The Labute approximate surface area is 162 Å². The van der Waals surface area contributed by atoms with Crippen LogP contribution in [0.1, 0.15) is 26.7 Å². The van der Waals surface area contributed by atoms with Gasteiger partial charge in [0.05, 0.1) is 6.54 Å². The monoisotopic (exact) mass is 387 g/mol. The average Bonchev–Trinajstić information content (AvgIpc) is 3.11. The smallest absolute Gasteiger partial charge is 0.319 e. The molecule has 10 heteroatoms.